The van der Waals surface area contributed by atoms with Crippen molar-refractivity contribution in [2.24, 2.45) is 0 Å². The number of nitrogens with one attached hydrogen (secondary N) is 1. The van der Waals surface area contributed by atoms with Crippen LogP contribution >= 0.6 is 11.6 Å². The SMILES string of the molecule is COc1ccc2ncc(Cl)c(CCN3CCC(NCc4cc5c(c[n+]4[O-])OCCO5)CC3)c2n1. The standard InChI is InChI=1S/C24H28ClN5O4/c1-32-23-3-2-20-24(28-23)18(19(25)14-27-20)6-9-29-7-4-16(5-8-29)26-13-17-12-21-22(15-30(17)31)34-11-10-33-21/h2-3,12,14-16,26H,4-11,13H2,1H3. The summed E-state index contributed by atoms with van der Waals surface area (Å²) in [6, 6.07) is 5.85. The van der Waals surface area contributed by atoms with Crippen LogP contribution in [0.5, 0.6) is 17.4 Å². The summed E-state index contributed by atoms with van der Waals surface area (Å²) in [6.45, 7) is 4.33. The van der Waals surface area contributed by atoms with E-state index in [-0.39, 0.29) is 0 Å². The average molecular weight is 486 g/mol. The Morgan fingerprint density at radius 1 is 1.24 bits per heavy atom. The summed E-state index contributed by atoms with van der Waals surface area (Å²) < 4.78 is 17.2. The summed E-state index contributed by atoms with van der Waals surface area (Å²) >= 11 is 6.48. The minimum atomic E-state index is 0.362. The Labute approximate surface area is 203 Å². The van der Waals surface area contributed by atoms with E-state index in [0.29, 0.717) is 53.9 Å². The zero-order chi connectivity index (χ0) is 23.5. The van der Waals surface area contributed by atoms with E-state index in [0.717, 1.165) is 60.2 Å². The van der Waals surface area contributed by atoms with Crippen molar-refractivity contribution in [2.45, 2.75) is 31.8 Å². The molecule has 2 aliphatic heterocycles. The molecule has 1 N–H and O–H groups in total. The minimum absolute atomic E-state index is 0.362. The molecule has 180 valence electrons. The van der Waals surface area contributed by atoms with Crippen LogP contribution in [-0.2, 0) is 13.0 Å². The van der Waals surface area contributed by atoms with E-state index in [4.69, 9.17) is 25.8 Å². The van der Waals surface area contributed by atoms with Gasteiger partial charge in [0.05, 0.1) is 35.8 Å². The van der Waals surface area contributed by atoms with Crippen LogP contribution in [0.25, 0.3) is 11.0 Å². The Bertz CT molecular complexity index is 1170. The highest BCUT2D eigenvalue weighted by atomic mass is 35.5. The highest BCUT2D eigenvalue weighted by molar-refractivity contribution is 6.32. The summed E-state index contributed by atoms with van der Waals surface area (Å²) in [5.74, 6) is 1.70. The van der Waals surface area contributed by atoms with Gasteiger partial charge in [0.25, 0.3) is 0 Å². The summed E-state index contributed by atoms with van der Waals surface area (Å²) in [7, 11) is 1.61. The molecule has 0 spiro atoms. The van der Waals surface area contributed by atoms with E-state index in [1.807, 2.05) is 12.1 Å². The first-order chi connectivity index (χ1) is 16.6. The first-order valence-corrected chi connectivity index (χ1v) is 11.9. The molecule has 0 saturated carbocycles. The molecular formula is C24H28ClN5O4. The van der Waals surface area contributed by atoms with Gasteiger partial charge in [0, 0.05) is 30.4 Å². The van der Waals surface area contributed by atoms with Gasteiger partial charge >= 0.3 is 0 Å². The molecule has 0 radical (unpaired) electrons. The maximum atomic E-state index is 12.3. The van der Waals surface area contributed by atoms with Crippen molar-refractivity contribution in [3.8, 4) is 17.4 Å². The first-order valence-electron chi connectivity index (χ1n) is 11.6. The largest absolute Gasteiger partial charge is 0.618 e. The molecule has 34 heavy (non-hydrogen) atoms. The average Bonchev–Trinajstić information content (AvgIpc) is 2.87. The van der Waals surface area contributed by atoms with Crippen LogP contribution < -0.4 is 24.3 Å². The zero-order valence-corrected chi connectivity index (χ0v) is 19.9. The van der Waals surface area contributed by atoms with Crippen molar-refractivity contribution < 1.29 is 18.9 Å². The predicted octanol–water partition coefficient (Wildman–Crippen LogP) is 2.49. The van der Waals surface area contributed by atoms with Crippen LogP contribution in [0.3, 0.4) is 0 Å². The second-order valence-electron chi connectivity index (χ2n) is 8.57. The maximum absolute atomic E-state index is 12.3. The lowest BCUT2D eigenvalue weighted by Crippen LogP contribution is -2.44. The van der Waals surface area contributed by atoms with Gasteiger partial charge in [-0.2, -0.15) is 4.73 Å². The molecule has 5 rings (SSSR count). The second kappa shape index (κ2) is 10.2. The third kappa shape index (κ3) is 4.96. The molecule has 1 saturated heterocycles. The number of hydrogen-bond donors (Lipinski definition) is 1. The fraction of sp³-hybridized carbons (Fsp3) is 0.458. The third-order valence-electron chi connectivity index (χ3n) is 6.44. The molecular weight excluding hydrogens is 458 g/mol. The number of likely N-dealkylation sites (tertiary alicyclic amines) is 1. The summed E-state index contributed by atoms with van der Waals surface area (Å²) in [5.41, 5.74) is 3.25. The summed E-state index contributed by atoms with van der Waals surface area (Å²) in [5, 5.41) is 16.5. The number of fused-ring (bicyclic) bond motifs is 2. The highest BCUT2D eigenvalue weighted by Gasteiger charge is 2.23. The molecule has 0 aliphatic carbocycles. The molecule has 0 atom stereocenters. The maximum Gasteiger partial charge on any atom is 0.227 e. The Hall–Kier alpha value is -2.88. The fourth-order valence-corrected chi connectivity index (χ4v) is 4.73. The van der Waals surface area contributed by atoms with Crippen LogP contribution in [0.2, 0.25) is 5.02 Å². The third-order valence-corrected chi connectivity index (χ3v) is 6.77. The van der Waals surface area contributed by atoms with Crippen LogP contribution in [-0.4, -0.2) is 60.9 Å². The fourth-order valence-electron chi connectivity index (χ4n) is 4.50. The van der Waals surface area contributed by atoms with E-state index in [2.05, 4.69) is 20.2 Å². The Kier molecular flexibility index (Phi) is 6.85. The number of hydrogen-bond acceptors (Lipinski definition) is 8. The number of ether oxygens (including phenoxy) is 3. The molecule has 10 heteroatoms. The Balaban J connectivity index is 1.14. The Morgan fingerprint density at radius 3 is 2.82 bits per heavy atom. The lowest BCUT2D eigenvalue weighted by molar-refractivity contribution is -0.615. The molecule has 3 aromatic heterocycles. The lowest BCUT2D eigenvalue weighted by Gasteiger charge is -2.32. The van der Waals surface area contributed by atoms with E-state index in [9.17, 15) is 5.21 Å². The molecule has 0 amide bonds. The summed E-state index contributed by atoms with van der Waals surface area (Å²) in [4.78, 5) is 11.4. The van der Waals surface area contributed by atoms with E-state index < -0.39 is 0 Å². The van der Waals surface area contributed by atoms with Crippen LogP contribution in [0.4, 0.5) is 0 Å². The zero-order valence-electron chi connectivity index (χ0n) is 19.1. The molecule has 3 aromatic rings. The van der Waals surface area contributed by atoms with E-state index in [1.54, 1.807) is 19.4 Å². The first kappa shape index (κ1) is 22.9. The van der Waals surface area contributed by atoms with Crippen LogP contribution in [0.1, 0.15) is 24.1 Å². The number of piperidine rings is 1. The predicted molar refractivity (Wildman–Crippen MR) is 127 cm³/mol. The number of halogens is 1. The van der Waals surface area contributed by atoms with Gasteiger partial charge in [-0.05, 0) is 38.4 Å². The molecule has 5 heterocycles. The van der Waals surface area contributed by atoms with Crippen LogP contribution in [0, 0.1) is 5.21 Å². The van der Waals surface area contributed by atoms with Crippen molar-refractivity contribution >= 4 is 22.6 Å². The van der Waals surface area contributed by atoms with Gasteiger partial charge in [-0.25, -0.2) is 4.98 Å². The van der Waals surface area contributed by atoms with Gasteiger partial charge in [-0.3, -0.25) is 4.98 Å². The molecule has 1 fully saturated rings. The van der Waals surface area contributed by atoms with Crippen molar-refractivity contribution in [1.82, 2.24) is 20.2 Å². The van der Waals surface area contributed by atoms with E-state index in [1.165, 1.54) is 6.20 Å². The monoisotopic (exact) mass is 485 g/mol. The smallest absolute Gasteiger partial charge is 0.227 e. The lowest BCUT2D eigenvalue weighted by atomic mass is 10.0. The Morgan fingerprint density at radius 2 is 2.03 bits per heavy atom. The number of aromatic nitrogens is 3. The molecule has 2 aliphatic rings. The van der Waals surface area contributed by atoms with E-state index >= 15 is 0 Å². The van der Waals surface area contributed by atoms with Gasteiger partial charge in [-0.15, -0.1) is 0 Å². The molecule has 0 unspecified atom stereocenters. The molecule has 0 bridgehead atoms. The topological polar surface area (TPSA) is 95.7 Å². The van der Waals surface area contributed by atoms with Crippen molar-refractivity contribution in [3.05, 3.63) is 52.1 Å². The number of pyridine rings is 3. The van der Waals surface area contributed by atoms with Crippen LogP contribution in [0.15, 0.2) is 30.6 Å². The van der Waals surface area contributed by atoms with Crippen molar-refractivity contribution in [1.29, 1.82) is 0 Å². The van der Waals surface area contributed by atoms with Gasteiger partial charge in [0.2, 0.25) is 23.5 Å². The van der Waals surface area contributed by atoms with Gasteiger partial charge in [-0.1, -0.05) is 11.6 Å². The molecule has 9 nitrogen and oxygen atoms in total. The number of methoxy groups -OCH3 is 1. The number of rotatable bonds is 7. The van der Waals surface area contributed by atoms with Gasteiger partial charge in [0.15, 0.2) is 5.75 Å². The number of nitrogens with zero attached hydrogens (tertiary/aromatic N) is 4. The molecule has 0 aromatic carbocycles. The minimum Gasteiger partial charge on any atom is -0.618 e. The summed E-state index contributed by atoms with van der Waals surface area (Å²) in [6.07, 6.45) is 5.97. The van der Waals surface area contributed by atoms with Gasteiger partial charge < -0.3 is 29.6 Å². The highest BCUT2D eigenvalue weighted by Crippen LogP contribution is 2.29. The van der Waals surface area contributed by atoms with Gasteiger partial charge in [0.1, 0.15) is 13.2 Å². The quantitative estimate of drug-likeness (QED) is 0.403. The van der Waals surface area contributed by atoms with Crippen molar-refractivity contribution in [3.63, 3.8) is 0 Å². The second-order valence-corrected chi connectivity index (χ2v) is 8.98. The van der Waals surface area contributed by atoms with Crippen molar-refractivity contribution in [2.75, 3.05) is 40.0 Å². The normalized spacial score (nSPS) is 16.6.